The Morgan fingerprint density at radius 3 is 2.50 bits per heavy atom. The van der Waals surface area contributed by atoms with Crippen LogP contribution in [0.3, 0.4) is 0 Å². The third-order valence-electron chi connectivity index (χ3n) is 4.13. The number of carboxylic acid groups (broad SMARTS) is 1. The van der Waals surface area contributed by atoms with Crippen molar-refractivity contribution in [1.82, 2.24) is 9.78 Å². The third kappa shape index (κ3) is 3.97. The standard InChI is InChI=1S/C20H20N4O2/c1-14-19(12-21-22-18-10-8-17(9-11-18)20(25)26)15(2)24(23-14)13-16-6-4-3-5-7-16/h3-12,22H,13H2,1-2H3,(H,25,26)/b21-12+. The number of anilines is 1. The molecular formula is C20H20N4O2. The molecule has 132 valence electrons. The highest BCUT2D eigenvalue weighted by molar-refractivity contribution is 5.88. The van der Waals surface area contributed by atoms with Gasteiger partial charge in [-0.2, -0.15) is 10.2 Å². The molecule has 0 unspecified atom stereocenters. The predicted molar refractivity (Wildman–Crippen MR) is 102 cm³/mol. The van der Waals surface area contributed by atoms with Crippen LogP contribution in [0.15, 0.2) is 59.7 Å². The molecule has 1 heterocycles. The van der Waals surface area contributed by atoms with Crippen LogP contribution in [0.25, 0.3) is 0 Å². The normalized spacial score (nSPS) is 11.0. The SMILES string of the molecule is Cc1nn(Cc2ccccc2)c(C)c1/C=N/Nc1ccc(C(=O)O)cc1. The number of hydrazone groups is 1. The smallest absolute Gasteiger partial charge is 0.335 e. The molecule has 26 heavy (non-hydrogen) atoms. The van der Waals surface area contributed by atoms with Crippen LogP contribution in [0.5, 0.6) is 0 Å². The number of hydrogen-bond donors (Lipinski definition) is 2. The molecule has 0 radical (unpaired) electrons. The highest BCUT2D eigenvalue weighted by Gasteiger charge is 2.10. The molecule has 2 aromatic carbocycles. The van der Waals surface area contributed by atoms with E-state index in [9.17, 15) is 4.79 Å². The van der Waals surface area contributed by atoms with E-state index >= 15 is 0 Å². The van der Waals surface area contributed by atoms with E-state index in [1.807, 2.05) is 36.7 Å². The van der Waals surface area contributed by atoms with Crippen LogP contribution < -0.4 is 5.43 Å². The maximum atomic E-state index is 10.9. The Kier molecular flexibility index (Phi) is 5.12. The predicted octanol–water partition coefficient (Wildman–Crippen LogP) is 3.69. The lowest BCUT2D eigenvalue weighted by Gasteiger charge is -2.04. The minimum Gasteiger partial charge on any atom is -0.478 e. The maximum Gasteiger partial charge on any atom is 0.335 e. The first-order valence-electron chi connectivity index (χ1n) is 8.25. The molecule has 0 fully saturated rings. The van der Waals surface area contributed by atoms with E-state index in [1.165, 1.54) is 17.7 Å². The Morgan fingerprint density at radius 2 is 1.85 bits per heavy atom. The topological polar surface area (TPSA) is 79.5 Å². The number of aromatic nitrogens is 2. The first kappa shape index (κ1) is 17.4. The second kappa shape index (κ2) is 7.65. The molecule has 0 amide bonds. The molecule has 3 rings (SSSR count). The van der Waals surface area contributed by atoms with Gasteiger partial charge in [-0.1, -0.05) is 30.3 Å². The molecule has 0 saturated carbocycles. The Morgan fingerprint density at radius 1 is 1.15 bits per heavy atom. The molecule has 0 aliphatic heterocycles. The van der Waals surface area contributed by atoms with Gasteiger partial charge in [0.1, 0.15) is 0 Å². The summed E-state index contributed by atoms with van der Waals surface area (Å²) in [4.78, 5) is 10.9. The molecule has 0 atom stereocenters. The zero-order valence-electron chi connectivity index (χ0n) is 14.7. The van der Waals surface area contributed by atoms with Crippen molar-refractivity contribution in [3.05, 3.63) is 82.7 Å². The van der Waals surface area contributed by atoms with Gasteiger partial charge in [-0.3, -0.25) is 10.1 Å². The number of carboxylic acids is 1. The van der Waals surface area contributed by atoms with E-state index in [0.717, 1.165) is 22.6 Å². The highest BCUT2D eigenvalue weighted by atomic mass is 16.4. The first-order valence-corrected chi connectivity index (χ1v) is 8.25. The molecule has 2 N–H and O–H groups in total. The molecule has 1 aromatic heterocycles. The lowest BCUT2D eigenvalue weighted by atomic mass is 10.2. The van der Waals surface area contributed by atoms with E-state index < -0.39 is 5.97 Å². The second-order valence-corrected chi connectivity index (χ2v) is 5.98. The number of nitrogens with one attached hydrogen (secondary N) is 1. The van der Waals surface area contributed by atoms with Crippen molar-refractivity contribution in [2.45, 2.75) is 20.4 Å². The number of nitrogens with zero attached hydrogens (tertiary/aromatic N) is 3. The van der Waals surface area contributed by atoms with Crippen molar-refractivity contribution in [1.29, 1.82) is 0 Å². The van der Waals surface area contributed by atoms with Crippen molar-refractivity contribution < 1.29 is 9.90 Å². The van der Waals surface area contributed by atoms with E-state index in [-0.39, 0.29) is 5.56 Å². The maximum absolute atomic E-state index is 10.9. The summed E-state index contributed by atoms with van der Waals surface area (Å²) < 4.78 is 1.97. The second-order valence-electron chi connectivity index (χ2n) is 5.98. The summed E-state index contributed by atoms with van der Waals surface area (Å²) in [6.07, 6.45) is 1.74. The van der Waals surface area contributed by atoms with Crippen LogP contribution in [-0.2, 0) is 6.54 Å². The molecule has 0 aliphatic rings. The Hall–Kier alpha value is -3.41. The van der Waals surface area contributed by atoms with Gasteiger partial charge in [0, 0.05) is 11.3 Å². The molecule has 3 aromatic rings. The first-order chi connectivity index (χ1) is 12.5. The highest BCUT2D eigenvalue weighted by Crippen LogP contribution is 2.14. The van der Waals surface area contributed by atoms with Gasteiger partial charge in [-0.05, 0) is 43.7 Å². The van der Waals surface area contributed by atoms with Gasteiger partial charge in [0.25, 0.3) is 0 Å². The summed E-state index contributed by atoms with van der Waals surface area (Å²) in [5.74, 6) is -0.947. The average molecular weight is 348 g/mol. The lowest BCUT2D eigenvalue weighted by Crippen LogP contribution is -2.04. The summed E-state index contributed by atoms with van der Waals surface area (Å²) >= 11 is 0. The van der Waals surface area contributed by atoms with Gasteiger partial charge in [0.2, 0.25) is 0 Å². The monoisotopic (exact) mass is 348 g/mol. The summed E-state index contributed by atoms with van der Waals surface area (Å²) in [7, 11) is 0. The zero-order chi connectivity index (χ0) is 18.5. The summed E-state index contributed by atoms with van der Waals surface area (Å²) in [5.41, 5.74) is 7.99. The van der Waals surface area contributed by atoms with Crippen molar-refractivity contribution in [2.75, 3.05) is 5.43 Å². The van der Waals surface area contributed by atoms with Crippen LogP contribution in [0.1, 0.15) is 32.9 Å². The number of rotatable bonds is 6. The Labute approximate surface area is 151 Å². The fourth-order valence-electron chi connectivity index (χ4n) is 2.67. The molecule has 6 heteroatoms. The van der Waals surface area contributed by atoms with E-state index in [1.54, 1.807) is 18.3 Å². The fourth-order valence-corrected chi connectivity index (χ4v) is 2.67. The minimum absolute atomic E-state index is 0.244. The summed E-state index contributed by atoms with van der Waals surface area (Å²) in [6, 6.07) is 16.6. The molecular weight excluding hydrogens is 328 g/mol. The average Bonchev–Trinajstić information content (AvgIpc) is 2.90. The number of aromatic carboxylic acids is 1. The van der Waals surface area contributed by atoms with Gasteiger partial charge in [0.05, 0.1) is 29.7 Å². The number of hydrogen-bond acceptors (Lipinski definition) is 4. The van der Waals surface area contributed by atoms with E-state index in [4.69, 9.17) is 5.11 Å². The van der Waals surface area contributed by atoms with Crippen molar-refractivity contribution in [2.24, 2.45) is 5.10 Å². The van der Waals surface area contributed by atoms with Gasteiger partial charge in [0.15, 0.2) is 0 Å². The van der Waals surface area contributed by atoms with Gasteiger partial charge >= 0.3 is 5.97 Å². The lowest BCUT2D eigenvalue weighted by molar-refractivity contribution is 0.0697. The molecule has 0 spiro atoms. The van der Waals surface area contributed by atoms with Gasteiger partial charge in [-0.15, -0.1) is 0 Å². The van der Waals surface area contributed by atoms with Crippen LogP contribution in [0, 0.1) is 13.8 Å². The Balaban J connectivity index is 1.71. The van der Waals surface area contributed by atoms with Crippen LogP contribution >= 0.6 is 0 Å². The van der Waals surface area contributed by atoms with E-state index in [0.29, 0.717) is 6.54 Å². The molecule has 0 bridgehead atoms. The van der Waals surface area contributed by atoms with Gasteiger partial charge in [-0.25, -0.2) is 4.79 Å². The largest absolute Gasteiger partial charge is 0.478 e. The molecule has 0 aliphatic carbocycles. The quantitative estimate of drug-likeness (QED) is 0.526. The summed E-state index contributed by atoms with van der Waals surface area (Å²) in [6.45, 7) is 4.69. The molecule has 6 nitrogen and oxygen atoms in total. The number of aryl methyl sites for hydroxylation is 1. The van der Waals surface area contributed by atoms with Crippen LogP contribution in [0.2, 0.25) is 0 Å². The third-order valence-corrected chi connectivity index (χ3v) is 4.13. The van der Waals surface area contributed by atoms with E-state index in [2.05, 4.69) is 27.8 Å². The molecule has 0 saturated heterocycles. The van der Waals surface area contributed by atoms with Crippen LogP contribution in [0.4, 0.5) is 5.69 Å². The van der Waals surface area contributed by atoms with Crippen molar-refractivity contribution in [3.63, 3.8) is 0 Å². The zero-order valence-corrected chi connectivity index (χ0v) is 14.7. The van der Waals surface area contributed by atoms with Crippen LogP contribution in [-0.4, -0.2) is 27.1 Å². The fraction of sp³-hybridized carbons (Fsp3) is 0.150. The number of carbonyl (C=O) groups is 1. The van der Waals surface area contributed by atoms with Crippen molar-refractivity contribution in [3.8, 4) is 0 Å². The van der Waals surface area contributed by atoms with Crippen molar-refractivity contribution >= 4 is 17.9 Å². The summed E-state index contributed by atoms with van der Waals surface area (Å²) in [5, 5.41) is 17.8. The Bertz CT molecular complexity index is 928. The van der Waals surface area contributed by atoms with Gasteiger partial charge < -0.3 is 5.11 Å². The number of benzene rings is 2. The minimum atomic E-state index is -0.947.